The van der Waals surface area contributed by atoms with Gasteiger partial charge in [0.1, 0.15) is 12.0 Å². The third kappa shape index (κ3) is 3.86. The van der Waals surface area contributed by atoms with E-state index < -0.39 is 0 Å². The predicted octanol–water partition coefficient (Wildman–Crippen LogP) is 2.60. The lowest BCUT2D eigenvalue weighted by Crippen LogP contribution is -2.19. The lowest BCUT2D eigenvalue weighted by atomic mass is 9.77. The average molecular weight is 210 g/mol. The zero-order valence-corrected chi connectivity index (χ0v) is 9.41. The molecule has 1 aliphatic rings. The van der Waals surface area contributed by atoms with Crippen LogP contribution in [-0.2, 0) is 14.3 Å². The molecule has 0 spiro atoms. The standard InChI is InChI=1S/C12H18O3/c1-10(14)15-11-5-3-6-12(2,9-11)7-4-8-13/h8-9H,3-7H2,1-2H3/t12-/m1/s1. The van der Waals surface area contributed by atoms with E-state index in [2.05, 4.69) is 6.92 Å². The van der Waals surface area contributed by atoms with E-state index in [9.17, 15) is 9.59 Å². The highest BCUT2D eigenvalue weighted by Crippen LogP contribution is 2.37. The van der Waals surface area contributed by atoms with Crippen LogP contribution in [0.3, 0.4) is 0 Å². The minimum atomic E-state index is -0.263. The summed E-state index contributed by atoms with van der Waals surface area (Å²) in [6, 6.07) is 0. The molecule has 0 aromatic heterocycles. The second-order valence-corrected chi connectivity index (χ2v) is 4.42. The Morgan fingerprint density at radius 2 is 2.40 bits per heavy atom. The summed E-state index contributed by atoms with van der Waals surface area (Å²) in [5.41, 5.74) is 0.0178. The molecule has 0 bridgehead atoms. The Kier molecular flexibility index (Phi) is 4.06. The van der Waals surface area contributed by atoms with Crippen LogP contribution in [0.2, 0.25) is 0 Å². The summed E-state index contributed by atoms with van der Waals surface area (Å²) < 4.78 is 5.10. The maximum Gasteiger partial charge on any atom is 0.307 e. The molecule has 1 aliphatic carbocycles. The molecule has 0 aliphatic heterocycles. The molecule has 0 aromatic rings. The summed E-state index contributed by atoms with van der Waals surface area (Å²) in [4.78, 5) is 21.2. The lowest BCUT2D eigenvalue weighted by Gasteiger charge is -2.30. The van der Waals surface area contributed by atoms with Crippen molar-refractivity contribution >= 4 is 12.3 Å². The van der Waals surface area contributed by atoms with E-state index in [0.29, 0.717) is 6.42 Å². The number of rotatable bonds is 4. The topological polar surface area (TPSA) is 43.4 Å². The van der Waals surface area contributed by atoms with Gasteiger partial charge in [-0.15, -0.1) is 0 Å². The van der Waals surface area contributed by atoms with Gasteiger partial charge in [-0.2, -0.15) is 0 Å². The first-order valence-electron chi connectivity index (χ1n) is 5.39. The summed E-state index contributed by atoms with van der Waals surface area (Å²) >= 11 is 0. The Morgan fingerprint density at radius 1 is 1.67 bits per heavy atom. The van der Waals surface area contributed by atoms with E-state index in [1.54, 1.807) is 0 Å². The molecule has 0 saturated heterocycles. The van der Waals surface area contributed by atoms with Gasteiger partial charge < -0.3 is 9.53 Å². The maximum absolute atomic E-state index is 10.8. The van der Waals surface area contributed by atoms with Crippen molar-refractivity contribution in [2.75, 3.05) is 0 Å². The van der Waals surface area contributed by atoms with Crippen molar-refractivity contribution in [3.63, 3.8) is 0 Å². The zero-order valence-electron chi connectivity index (χ0n) is 9.41. The van der Waals surface area contributed by atoms with Gasteiger partial charge in [-0.25, -0.2) is 0 Å². The summed E-state index contributed by atoms with van der Waals surface area (Å²) in [6.45, 7) is 3.53. The number of hydrogen-bond acceptors (Lipinski definition) is 3. The molecule has 0 fully saturated rings. The number of esters is 1. The van der Waals surface area contributed by atoms with E-state index >= 15 is 0 Å². The molecule has 0 saturated carbocycles. The molecule has 15 heavy (non-hydrogen) atoms. The largest absolute Gasteiger partial charge is 0.432 e. The van der Waals surface area contributed by atoms with Crippen LogP contribution in [0.4, 0.5) is 0 Å². The molecule has 3 nitrogen and oxygen atoms in total. The summed E-state index contributed by atoms with van der Waals surface area (Å²) in [6.07, 6.45) is 7.28. The van der Waals surface area contributed by atoms with E-state index in [1.807, 2.05) is 6.08 Å². The summed E-state index contributed by atoms with van der Waals surface area (Å²) in [7, 11) is 0. The Hall–Kier alpha value is -1.12. The van der Waals surface area contributed by atoms with Crippen molar-refractivity contribution < 1.29 is 14.3 Å². The second-order valence-electron chi connectivity index (χ2n) is 4.42. The SMILES string of the molecule is CC(=O)OC1=C[C@@](C)(CCC=O)CCC1. The van der Waals surface area contributed by atoms with Crippen molar-refractivity contribution in [1.29, 1.82) is 0 Å². The molecule has 0 radical (unpaired) electrons. The molecule has 84 valence electrons. The monoisotopic (exact) mass is 210 g/mol. The quantitative estimate of drug-likeness (QED) is 0.529. The normalized spacial score (nSPS) is 25.6. The van der Waals surface area contributed by atoms with Crippen molar-refractivity contribution in [2.24, 2.45) is 5.41 Å². The fraction of sp³-hybridized carbons (Fsp3) is 0.667. The molecular formula is C12H18O3. The van der Waals surface area contributed by atoms with Gasteiger partial charge >= 0.3 is 5.97 Å². The highest BCUT2D eigenvalue weighted by Gasteiger charge is 2.26. The van der Waals surface area contributed by atoms with Crippen molar-refractivity contribution in [3.05, 3.63) is 11.8 Å². The van der Waals surface area contributed by atoms with Crippen LogP contribution < -0.4 is 0 Å². The van der Waals surface area contributed by atoms with Crippen LogP contribution in [0.1, 0.15) is 46.0 Å². The molecule has 0 amide bonds. The summed E-state index contributed by atoms with van der Waals surface area (Å²) in [5, 5.41) is 0. The van der Waals surface area contributed by atoms with Gasteiger partial charge in [-0.05, 0) is 30.8 Å². The van der Waals surface area contributed by atoms with Crippen LogP contribution in [0, 0.1) is 5.41 Å². The number of carbonyl (C=O) groups is 2. The molecule has 0 N–H and O–H groups in total. The lowest BCUT2D eigenvalue weighted by molar-refractivity contribution is -0.137. The Balaban J connectivity index is 2.65. The van der Waals surface area contributed by atoms with Crippen LogP contribution >= 0.6 is 0 Å². The fourth-order valence-electron chi connectivity index (χ4n) is 2.05. The number of allylic oxidation sites excluding steroid dienone is 2. The highest BCUT2D eigenvalue weighted by atomic mass is 16.5. The van der Waals surface area contributed by atoms with E-state index in [4.69, 9.17) is 4.74 Å². The molecule has 1 atom stereocenters. The summed E-state index contributed by atoms with van der Waals surface area (Å²) in [5.74, 6) is 0.503. The minimum absolute atomic E-state index is 0.0178. The Morgan fingerprint density at radius 3 is 3.00 bits per heavy atom. The highest BCUT2D eigenvalue weighted by molar-refractivity contribution is 5.67. The number of hydrogen-bond donors (Lipinski definition) is 0. The van der Waals surface area contributed by atoms with E-state index in [-0.39, 0.29) is 11.4 Å². The van der Waals surface area contributed by atoms with Gasteiger partial charge in [0.25, 0.3) is 0 Å². The van der Waals surface area contributed by atoms with Crippen LogP contribution in [-0.4, -0.2) is 12.3 Å². The van der Waals surface area contributed by atoms with Gasteiger partial charge in [0, 0.05) is 19.8 Å². The third-order valence-corrected chi connectivity index (χ3v) is 2.79. The van der Waals surface area contributed by atoms with Crippen LogP contribution in [0.25, 0.3) is 0 Å². The second kappa shape index (κ2) is 5.10. The zero-order chi connectivity index (χ0) is 11.3. The van der Waals surface area contributed by atoms with Crippen LogP contribution in [0.15, 0.2) is 11.8 Å². The molecular weight excluding hydrogens is 192 g/mol. The van der Waals surface area contributed by atoms with E-state index in [0.717, 1.165) is 37.7 Å². The van der Waals surface area contributed by atoms with Crippen LogP contribution in [0.5, 0.6) is 0 Å². The smallest absolute Gasteiger partial charge is 0.307 e. The third-order valence-electron chi connectivity index (χ3n) is 2.79. The van der Waals surface area contributed by atoms with Crippen molar-refractivity contribution in [1.82, 2.24) is 0 Å². The van der Waals surface area contributed by atoms with Gasteiger partial charge in [0.05, 0.1) is 0 Å². The molecule has 0 unspecified atom stereocenters. The Bertz CT molecular complexity index is 281. The first kappa shape index (κ1) is 12.0. The number of carbonyl (C=O) groups excluding carboxylic acids is 2. The van der Waals surface area contributed by atoms with Gasteiger partial charge in [-0.3, -0.25) is 4.79 Å². The van der Waals surface area contributed by atoms with Gasteiger partial charge in [0.15, 0.2) is 0 Å². The number of ether oxygens (including phenoxy) is 1. The molecule has 3 heteroatoms. The Labute approximate surface area is 90.5 Å². The maximum atomic E-state index is 10.8. The first-order chi connectivity index (χ1) is 7.06. The van der Waals surface area contributed by atoms with Crippen molar-refractivity contribution in [3.8, 4) is 0 Å². The molecule has 0 heterocycles. The minimum Gasteiger partial charge on any atom is -0.432 e. The van der Waals surface area contributed by atoms with E-state index in [1.165, 1.54) is 6.92 Å². The predicted molar refractivity (Wildman–Crippen MR) is 57.1 cm³/mol. The average Bonchev–Trinajstić information content (AvgIpc) is 2.14. The van der Waals surface area contributed by atoms with Gasteiger partial charge in [-0.1, -0.05) is 6.92 Å². The fourth-order valence-corrected chi connectivity index (χ4v) is 2.05. The molecule has 0 aromatic carbocycles. The van der Waals surface area contributed by atoms with Gasteiger partial charge in [0.2, 0.25) is 0 Å². The first-order valence-corrected chi connectivity index (χ1v) is 5.39. The van der Waals surface area contributed by atoms with Crippen molar-refractivity contribution in [2.45, 2.75) is 46.0 Å². The molecule has 1 rings (SSSR count). The number of aldehydes is 1.